The SMILES string of the molecule is CCOc1ccccc1/C=N\NC(=O)CNc1cccc(OC)c1. The van der Waals surface area contributed by atoms with Crippen molar-refractivity contribution < 1.29 is 14.3 Å². The molecule has 2 N–H and O–H groups in total. The molecule has 126 valence electrons. The van der Waals surface area contributed by atoms with Crippen LogP contribution in [0.4, 0.5) is 5.69 Å². The van der Waals surface area contributed by atoms with Crippen LogP contribution in [0.3, 0.4) is 0 Å². The molecule has 0 saturated heterocycles. The molecule has 2 rings (SSSR count). The van der Waals surface area contributed by atoms with Gasteiger partial charge in [-0.05, 0) is 31.2 Å². The number of amides is 1. The molecule has 6 heteroatoms. The molecule has 0 bridgehead atoms. The Bertz CT molecular complexity index is 701. The van der Waals surface area contributed by atoms with Gasteiger partial charge in [-0.25, -0.2) is 5.43 Å². The number of benzene rings is 2. The molecule has 24 heavy (non-hydrogen) atoms. The number of para-hydroxylation sites is 1. The van der Waals surface area contributed by atoms with E-state index >= 15 is 0 Å². The third kappa shape index (κ3) is 5.31. The zero-order valence-corrected chi connectivity index (χ0v) is 13.8. The van der Waals surface area contributed by atoms with Crippen LogP contribution in [-0.4, -0.2) is 32.4 Å². The molecule has 0 saturated carbocycles. The summed E-state index contributed by atoms with van der Waals surface area (Å²) >= 11 is 0. The Kier molecular flexibility index (Phi) is 6.64. The van der Waals surface area contributed by atoms with Gasteiger partial charge in [0.15, 0.2) is 0 Å². The van der Waals surface area contributed by atoms with Crippen molar-refractivity contribution in [1.29, 1.82) is 0 Å². The minimum absolute atomic E-state index is 0.109. The van der Waals surface area contributed by atoms with Gasteiger partial charge >= 0.3 is 0 Å². The van der Waals surface area contributed by atoms with Crippen molar-refractivity contribution in [2.24, 2.45) is 5.10 Å². The molecule has 0 spiro atoms. The fourth-order valence-corrected chi connectivity index (χ4v) is 2.00. The average molecular weight is 327 g/mol. The van der Waals surface area contributed by atoms with E-state index in [2.05, 4.69) is 15.8 Å². The van der Waals surface area contributed by atoms with Gasteiger partial charge in [0.2, 0.25) is 0 Å². The minimum Gasteiger partial charge on any atom is -0.497 e. The third-order valence-corrected chi connectivity index (χ3v) is 3.13. The summed E-state index contributed by atoms with van der Waals surface area (Å²) in [5.41, 5.74) is 4.09. The molecule has 0 aliphatic heterocycles. The number of hydrogen-bond donors (Lipinski definition) is 2. The summed E-state index contributed by atoms with van der Waals surface area (Å²) in [5.74, 6) is 1.21. The Morgan fingerprint density at radius 2 is 2.04 bits per heavy atom. The maximum absolute atomic E-state index is 11.8. The zero-order chi connectivity index (χ0) is 17.2. The molecule has 0 atom stereocenters. The van der Waals surface area contributed by atoms with E-state index in [0.29, 0.717) is 6.61 Å². The maximum atomic E-state index is 11.8. The van der Waals surface area contributed by atoms with Crippen molar-refractivity contribution in [3.8, 4) is 11.5 Å². The molecular weight excluding hydrogens is 306 g/mol. The van der Waals surface area contributed by atoms with Gasteiger partial charge in [0, 0.05) is 17.3 Å². The van der Waals surface area contributed by atoms with E-state index in [0.717, 1.165) is 22.7 Å². The van der Waals surface area contributed by atoms with Gasteiger partial charge in [0.25, 0.3) is 5.91 Å². The summed E-state index contributed by atoms with van der Waals surface area (Å²) in [4.78, 5) is 11.8. The summed E-state index contributed by atoms with van der Waals surface area (Å²) in [7, 11) is 1.60. The minimum atomic E-state index is -0.247. The predicted molar refractivity (Wildman–Crippen MR) is 94.8 cm³/mol. The average Bonchev–Trinajstić information content (AvgIpc) is 2.62. The summed E-state index contributed by atoms with van der Waals surface area (Å²) in [5, 5.41) is 6.97. The summed E-state index contributed by atoms with van der Waals surface area (Å²) in [6.07, 6.45) is 1.56. The van der Waals surface area contributed by atoms with E-state index < -0.39 is 0 Å². The molecule has 0 aliphatic carbocycles. The fourth-order valence-electron chi connectivity index (χ4n) is 2.00. The van der Waals surface area contributed by atoms with E-state index in [1.165, 1.54) is 0 Å². The Morgan fingerprint density at radius 1 is 1.21 bits per heavy atom. The molecule has 0 aromatic heterocycles. The Labute approximate surface area is 141 Å². The number of methoxy groups -OCH3 is 1. The zero-order valence-electron chi connectivity index (χ0n) is 13.8. The van der Waals surface area contributed by atoms with Gasteiger partial charge in [-0.2, -0.15) is 5.10 Å². The van der Waals surface area contributed by atoms with Crippen LogP contribution in [0.5, 0.6) is 11.5 Å². The lowest BCUT2D eigenvalue weighted by Crippen LogP contribution is -2.25. The number of ether oxygens (including phenoxy) is 2. The first-order chi connectivity index (χ1) is 11.7. The number of carbonyl (C=O) groups is 1. The maximum Gasteiger partial charge on any atom is 0.259 e. The van der Waals surface area contributed by atoms with Crippen LogP contribution in [0.1, 0.15) is 12.5 Å². The van der Waals surface area contributed by atoms with Crippen LogP contribution in [0.15, 0.2) is 53.6 Å². The first kappa shape index (κ1) is 17.3. The highest BCUT2D eigenvalue weighted by molar-refractivity contribution is 5.86. The number of carbonyl (C=O) groups excluding carboxylic acids is 1. The second-order valence-electron chi connectivity index (χ2n) is 4.85. The van der Waals surface area contributed by atoms with Gasteiger partial charge in [0.05, 0.1) is 26.5 Å². The Morgan fingerprint density at radius 3 is 2.83 bits per heavy atom. The number of anilines is 1. The normalized spacial score (nSPS) is 10.4. The molecule has 0 aliphatic rings. The van der Waals surface area contributed by atoms with Crippen molar-refractivity contribution in [3.05, 3.63) is 54.1 Å². The lowest BCUT2D eigenvalue weighted by Gasteiger charge is -2.07. The summed E-state index contributed by atoms with van der Waals surface area (Å²) < 4.78 is 10.6. The smallest absolute Gasteiger partial charge is 0.259 e. The second-order valence-corrected chi connectivity index (χ2v) is 4.85. The van der Waals surface area contributed by atoms with Gasteiger partial charge in [-0.1, -0.05) is 18.2 Å². The molecule has 6 nitrogen and oxygen atoms in total. The lowest BCUT2D eigenvalue weighted by molar-refractivity contribution is -0.119. The van der Waals surface area contributed by atoms with E-state index in [1.54, 1.807) is 13.3 Å². The summed E-state index contributed by atoms with van der Waals surface area (Å²) in [6.45, 7) is 2.60. The van der Waals surface area contributed by atoms with E-state index in [1.807, 2.05) is 55.5 Å². The highest BCUT2D eigenvalue weighted by Crippen LogP contribution is 2.16. The molecule has 2 aromatic rings. The van der Waals surface area contributed by atoms with Crippen LogP contribution in [-0.2, 0) is 4.79 Å². The highest BCUT2D eigenvalue weighted by atomic mass is 16.5. The quantitative estimate of drug-likeness (QED) is 0.577. The van der Waals surface area contributed by atoms with Crippen molar-refractivity contribution >= 4 is 17.8 Å². The van der Waals surface area contributed by atoms with Crippen LogP contribution in [0.25, 0.3) is 0 Å². The number of hydrazone groups is 1. The number of rotatable bonds is 8. The van der Waals surface area contributed by atoms with E-state index in [4.69, 9.17) is 9.47 Å². The first-order valence-corrected chi connectivity index (χ1v) is 7.64. The topological polar surface area (TPSA) is 72.0 Å². The van der Waals surface area contributed by atoms with E-state index in [-0.39, 0.29) is 12.5 Å². The molecular formula is C18H21N3O3. The molecule has 2 aromatic carbocycles. The van der Waals surface area contributed by atoms with Crippen LogP contribution in [0, 0.1) is 0 Å². The standard InChI is InChI=1S/C18H21N3O3/c1-3-24-17-10-5-4-7-14(17)12-20-21-18(22)13-19-15-8-6-9-16(11-15)23-2/h4-12,19H,3,13H2,1-2H3,(H,21,22)/b20-12-. The van der Waals surface area contributed by atoms with Gasteiger partial charge in [-0.15, -0.1) is 0 Å². The number of nitrogens with one attached hydrogen (secondary N) is 2. The van der Waals surface area contributed by atoms with Crippen molar-refractivity contribution in [1.82, 2.24) is 5.43 Å². The predicted octanol–water partition coefficient (Wildman–Crippen LogP) is 2.66. The van der Waals surface area contributed by atoms with Gasteiger partial charge < -0.3 is 14.8 Å². The molecule has 0 fully saturated rings. The molecule has 0 heterocycles. The fraction of sp³-hybridized carbons (Fsp3) is 0.222. The first-order valence-electron chi connectivity index (χ1n) is 7.64. The van der Waals surface area contributed by atoms with Crippen molar-refractivity contribution in [2.75, 3.05) is 25.6 Å². The van der Waals surface area contributed by atoms with Gasteiger partial charge in [0.1, 0.15) is 11.5 Å². The second kappa shape index (κ2) is 9.19. The van der Waals surface area contributed by atoms with Crippen LogP contribution >= 0.6 is 0 Å². The number of hydrogen-bond acceptors (Lipinski definition) is 5. The number of nitrogens with zero attached hydrogens (tertiary/aromatic N) is 1. The largest absolute Gasteiger partial charge is 0.497 e. The van der Waals surface area contributed by atoms with E-state index in [9.17, 15) is 4.79 Å². The lowest BCUT2D eigenvalue weighted by atomic mass is 10.2. The Hall–Kier alpha value is -3.02. The van der Waals surface area contributed by atoms with Gasteiger partial charge in [-0.3, -0.25) is 4.79 Å². The Balaban J connectivity index is 1.84. The monoisotopic (exact) mass is 327 g/mol. The third-order valence-electron chi connectivity index (χ3n) is 3.13. The van der Waals surface area contributed by atoms with Crippen LogP contribution < -0.4 is 20.2 Å². The summed E-state index contributed by atoms with van der Waals surface area (Å²) in [6, 6.07) is 14.9. The van der Waals surface area contributed by atoms with Crippen molar-refractivity contribution in [3.63, 3.8) is 0 Å². The highest BCUT2D eigenvalue weighted by Gasteiger charge is 2.02. The van der Waals surface area contributed by atoms with Crippen LogP contribution in [0.2, 0.25) is 0 Å². The molecule has 1 amide bonds. The molecule has 0 unspecified atom stereocenters. The molecule has 0 radical (unpaired) electrons. The van der Waals surface area contributed by atoms with Crippen molar-refractivity contribution in [2.45, 2.75) is 6.92 Å².